The molecular formula is C27H48O3. The van der Waals surface area contributed by atoms with Crippen molar-refractivity contribution < 1.29 is 14.6 Å². The molecule has 2 saturated carbocycles. The van der Waals surface area contributed by atoms with Crippen molar-refractivity contribution in [3.63, 3.8) is 0 Å². The maximum atomic E-state index is 11.8. The molecule has 0 aromatic heterocycles. The van der Waals surface area contributed by atoms with Gasteiger partial charge in [0, 0.05) is 11.0 Å². The van der Waals surface area contributed by atoms with Gasteiger partial charge in [-0.1, -0.05) is 71.8 Å². The maximum absolute atomic E-state index is 11.8. The Hall–Kier alpha value is -0.830. The molecule has 0 amide bonds. The third-order valence-corrected chi connectivity index (χ3v) is 8.27. The average molecular weight is 421 g/mol. The van der Waals surface area contributed by atoms with Crippen LogP contribution in [-0.2, 0) is 9.53 Å². The monoisotopic (exact) mass is 420 g/mol. The number of carbonyl (C=O) groups excluding carboxylic acids is 1. The molecule has 1 unspecified atom stereocenters. The van der Waals surface area contributed by atoms with Gasteiger partial charge in [-0.15, -0.1) is 0 Å². The van der Waals surface area contributed by atoms with Crippen LogP contribution in [0.4, 0.5) is 0 Å². The van der Waals surface area contributed by atoms with Gasteiger partial charge in [0.15, 0.2) is 0 Å². The van der Waals surface area contributed by atoms with Crippen LogP contribution in [0.25, 0.3) is 0 Å². The van der Waals surface area contributed by atoms with Gasteiger partial charge >= 0.3 is 5.97 Å². The molecule has 0 aromatic carbocycles. The Morgan fingerprint density at radius 3 is 2.07 bits per heavy atom. The summed E-state index contributed by atoms with van der Waals surface area (Å²) >= 11 is 0. The molecule has 0 aromatic rings. The number of aliphatic hydroxyl groups is 1. The quantitative estimate of drug-likeness (QED) is 0.208. The van der Waals surface area contributed by atoms with Crippen molar-refractivity contribution in [1.29, 1.82) is 0 Å². The highest BCUT2D eigenvalue weighted by Gasteiger charge is 2.39. The van der Waals surface area contributed by atoms with Crippen molar-refractivity contribution in [1.82, 2.24) is 0 Å². The van der Waals surface area contributed by atoms with Crippen LogP contribution in [0.5, 0.6) is 0 Å². The van der Waals surface area contributed by atoms with E-state index >= 15 is 0 Å². The third kappa shape index (κ3) is 7.70. The summed E-state index contributed by atoms with van der Waals surface area (Å²) in [5, 5.41) is 10.0. The second kappa shape index (κ2) is 12.9. The van der Waals surface area contributed by atoms with E-state index in [1.54, 1.807) is 6.92 Å². The van der Waals surface area contributed by atoms with Gasteiger partial charge < -0.3 is 9.84 Å². The molecule has 2 aliphatic rings. The molecule has 2 fully saturated rings. The van der Waals surface area contributed by atoms with E-state index in [1.165, 1.54) is 77.0 Å². The van der Waals surface area contributed by atoms with Crippen LogP contribution in [0.3, 0.4) is 0 Å². The minimum atomic E-state index is -0.342. The second-order valence-corrected chi connectivity index (χ2v) is 10.8. The number of ether oxygens (including phenoxy) is 1. The lowest BCUT2D eigenvalue weighted by Gasteiger charge is -2.43. The summed E-state index contributed by atoms with van der Waals surface area (Å²) in [5.41, 5.74) is 0.0986. The Bertz CT molecular complexity index is 512. The zero-order valence-electron chi connectivity index (χ0n) is 20.1. The van der Waals surface area contributed by atoms with E-state index < -0.39 is 0 Å². The summed E-state index contributed by atoms with van der Waals surface area (Å²) in [6.45, 7) is 10.1. The summed E-state index contributed by atoms with van der Waals surface area (Å²) in [6, 6.07) is 0. The molecule has 3 nitrogen and oxygen atoms in total. The molecule has 0 saturated heterocycles. The van der Waals surface area contributed by atoms with Crippen LogP contribution in [0.1, 0.15) is 111 Å². The minimum Gasteiger partial charge on any atom is -0.462 e. The van der Waals surface area contributed by atoms with Gasteiger partial charge in [-0.25, -0.2) is 4.79 Å². The normalized spacial score (nSPS) is 29.2. The van der Waals surface area contributed by atoms with E-state index in [0.29, 0.717) is 18.1 Å². The average Bonchev–Trinajstić information content (AvgIpc) is 2.77. The van der Waals surface area contributed by atoms with Gasteiger partial charge in [-0.05, 0) is 69.1 Å². The van der Waals surface area contributed by atoms with Crippen molar-refractivity contribution in [3.8, 4) is 0 Å². The number of carbonyl (C=O) groups is 1. The number of hydrogen-bond acceptors (Lipinski definition) is 3. The first kappa shape index (κ1) is 25.4. The van der Waals surface area contributed by atoms with Gasteiger partial charge in [-0.3, -0.25) is 0 Å². The van der Waals surface area contributed by atoms with Crippen molar-refractivity contribution in [2.45, 2.75) is 111 Å². The zero-order chi connectivity index (χ0) is 22.0. The van der Waals surface area contributed by atoms with E-state index in [4.69, 9.17) is 4.74 Å². The lowest BCUT2D eigenvalue weighted by molar-refractivity contribution is -0.145. The summed E-state index contributed by atoms with van der Waals surface area (Å²) in [5.74, 6) is 2.87. The molecule has 0 spiro atoms. The number of esters is 1. The van der Waals surface area contributed by atoms with E-state index in [1.807, 2.05) is 0 Å². The minimum absolute atomic E-state index is 0.0785. The van der Waals surface area contributed by atoms with Gasteiger partial charge in [0.1, 0.15) is 0 Å². The molecule has 30 heavy (non-hydrogen) atoms. The van der Waals surface area contributed by atoms with Crippen LogP contribution >= 0.6 is 0 Å². The fourth-order valence-corrected chi connectivity index (χ4v) is 5.92. The van der Waals surface area contributed by atoms with Crippen LogP contribution in [0, 0.1) is 29.1 Å². The zero-order valence-corrected chi connectivity index (χ0v) is 20.1. The Balaban J connectivity index is 1.70. The highest BCUT2D eigenvalue weighted by Crippen LogP contribution is 2.46. The fourth-order valence-electron chi connectivity index (χ4n) is 5.92. The number of unbranched alkanes of at least 4 members (excludes halogenated alkanes) is 4. The van der Waals surface area contributed by atoms with Crippen molar-refractivity contribution in [3.05, 3.63) is 12.2 Å². The van der Waals surface area contributed by atoms with Crippen LogP contribution < -0.4 is 0 Å². The Morgan fingerprint density at radius 1 is 0.967 bits per heavy atom. The van der Waals surface area contributed by atoms with Crippen molar-refractivity contribution >= 4 is 5.97 Å². The molecule has 0 aliphatic heterocycles. The van der Waals surface area contributed by atoms with E-state index in [9.17, 15) is 9.90 Å². The second-order valence-electron chi connectivity index (χ2n) is 10.8. The van der Waals surface area contributed by atoms with Crippen LogP contribution in [-0.4, -0.2) is 24.3 Å². The third-order valence-electron chi connectivity index (χ3n) is 8.27. The molecular weight excluding hydrogens is 372 g/mol. The standard InChI is InChI=1S/C27H48O3/c1-5-6-7-8-9-10-22-11-13-23(14-12-22)24-15-17-25(18-16-24)27(4,19-28)20-30-26(29)21(2)3/h22-25,28H,2,5-20H2,1,3-4H3. The van der Waals surface area contributed by atoms with Gasteiger partial charge in [0.2, 0.25) is 0 Å². The van der Waals surface area contributed by atoms with Crippen molar-refractivity contribution in [2.75, 3.05) is 13.2 Å². The highest BCUT2D eigenvalue weighted by atomic mass is 16.5. The summed E-state index contributed by atoms with van der Waals surface area (Å²) < 4.78 is 5.42. The lowest BCUT2D eigenvalue weighted by atomic mass is 9.64. The number of hydrogen-bond donors (Lipinski definition) is 1. The predicted octanol–water partition coefficient (Wildman–Crippen LogP) is 7.08. The van der Waals surface area contributed by atoms with E-state index in [0.717, 1.165) is 30.6 Å². The molecule has 2 aliphatic carbocycles. The maximum Gasteiger partial charge on any atom is 0.333 e. The topological polar surface area (TPSA) is 46.5 Å². The largest absolute Gasteiger partial charge is 0.462 e. The molecule has 2 rings (SSSR count). The van der Waals surface area contributed by atoms with Gasteiger partial charge in [-0.2, -0.15) is 0 Å². The lowest BCUT2D eigenvalue weighted by Crippen LogP contribution is -2.39. The molecule has 0 heterocycles. The SMILES string of the molecule is C=C(C)C(=O)OCC(C)(CO)C1CCC(C2CCC(CCCCCCC)CC2)CC1. The van der Waals surface area contributed by atoms with Gasteiger partial charge in [0.25, 0.3) is 0 Å². The van der Waals surface area contributed by atoms with Gasteiger partial charge in [0.05, 0.1) is 13.2 Å². The first-order chi connectivity index (χ1) is 14.4. The molecule has 0 bridgehead atoms. The van der Waals surface area contributed by atoms with Crippen LogP contribution in [0.15, 0.2) is 12.2 Å². The van der Waals surface area contributed by atoms with E-state index in [2.05, 4.69) is 20.4 Å². The van der Waals surface area contributed by atoms with E-state index in [-0.39, 0.29) is 18.0 Å². The Kier molecular flexibility index (Phi) is 10.9. The highest BCUT2D eigenvalue weighted by molar-refractivity contribution is 5.86. The fraction of sp³-hybridized carbons (Fsp3) is 0.889. The summed E-state index contributed by atoms with van der Waals surface area (Å²) in [7, 11) is 0. The smallest absolute Gasteiger partial charge is 0.333 e. The van der Waals surface area contributed by atoms with Crippen molar-refractivity contribution in [2.24, 2.45) is 29.1 Å². The molecule has 1 atom stereocenters. The molecule has 1 N–H and O–H groups in total. The Morgan fingerprint density at radius 2 is 1.53 bits per heavy atom. The first-order valence-electron chi connectivity index (χ1n) is 12.8. The molecule has 0 radical (unpaired) electrons. The number of aliphatic hydroxyl groups excluding tert-OH is 1. The van der Waals surface area contributed by atoms with Crippen LogP contribution in [0.2, 0.25) is 0 Å². The predicted molar refractivity (Wildman–Crippen MR) is 125 cm³/mol. The molecule has 174 valence electrons. The Labute approximate surface area is 186 Å². The number of rotatable bonds is 12. The summed E-state index contributed by atoms with van der Waals surface area (Å²) in [6.07, 6.45) is 19.1. The first-order valence-corrected chi connectivity index (χ1v) is 12.8. The molecule has 3 heteroatoms. The summed E-state index contributed by atoms with van der Waals surface area (Å²) in [4.78, 5) is 11.8.